The van der Waals surface area contributed by atoms with Crippen LogP contribution in [0.3, 0.4) is 0 Å². The van der Waals surface area contributed by atoms with E-state index in [-0.39, 0.29) is 18.1 Å². The van der Waals surface area contributed by atoms with Crippen LogP contribution in [-0.4, -0.2) is 43.8 Å². The van der Waals surface area contributed by atoms with Gasteiger partial charge >= 0.3 is 11.9 Å². The van der Waals surface area contributed by atoms with Crippen LogP contribution in [0.15, 0.2) is 58.6 Å². The zero-order valence-corrected chi connectivity index (χ0v) is 18.4. The van der Waals surface area contributed by atoms with Gasteiger partial charge in [-0.15, -0.1) is 6.58 Å². The number of nitrogens with zero attached hydrogens (tertiary/aromatic N) is 2. The highest BCUT2D eigenvalue weighted by Crippen LogP contribution is 2.33. The summed E-state index contributed by atoms with van der Waals surface area (Å²) in [6, 6.07) is 8.78. The summed E-state index contributed by atoms with van der Waals surface area (Å²) in [4.78, 5) is 34.2. The quantitative estimate of drug-likeness (QED) is 0.157. The number of nitrogens with one attached hydrogen (secondary N) is 1. The number of furan rings is 1. The van der Waals surface area contributed by atoms with Crippen LogP contribution in [-0.2, 0) is 16.0 Å². The number of non-ortho nitro benzene ring substituents is 1. The van der Waals surface area contributed by atoms with Crippen LogP contribution in [0.4, 0.5) is 5.69 Å². The Morgan fingerprint density at radius 1 is 1.24 bits per heavy atom. The van der Waals surface area contributed by atoms with Crippen molar-refractivity contribution in [1.82, 2.24) is 5.43 Å². The fourth-order valence-electron chi connectivity index (χ4n) is 3.05. The van der Waals surface area contributed by atoms with Gasteiger partial charge in [0.25, 0.3) is 5.69 Å². The molecule has 0 aliphatic heterocycles. The van der Waals surface area contributed by atoms with E-state index in [0.29, 0.717) is 40.0 Å². The van der Waals surface area contributed by atoms with Crippen LogP contribution in [0.2, 0.25) is 0 Å². The molecule has 0 saturated carbocycles. The number of fused-ring (bicyclic) bond motifs is 1. The Hall–Kier alpha value is -4.67. The molecular formula is C23H21N3O8. The molecule has 176 valence electrons. The number of ether oxygens (including phenoxy) is 3. The fraction of sp³-hybridized carbons (Fsp3) is 0.174. The second-order valence-corrected chi connectivity index (χ2v) is 6.86. The van der Waals surface area contributed by atoms with Crippen LogP contribution >= 0.6 is 0 Å². The van der Waals surface area contributed by atoms with E-state index in [1.807, 2.05) is 0 Å². The van der Waals surface area contributed by atoms with Crippen molar-refractivity contribution in [2.24, 2.45) is 5.10 Å². The van der Waals surface area contributed by atoms with Crippen molar-refractivity contribution in [3.05, 3.63) is 76.1 Å². The number of amides is 1. The normalized spacial score (nSPS) is 10.8. The molecule has 0 bridgehead atoms. The Bertz CT molecular complexity index is 1280. The van der Waals surface area contributed by atoms with Crippen LogP contribution in [0.25, 0.3) is 11.0 Å². The lowest BCUT2D eigenvalue weighted by Crippen LogP contribution is -2.16. The largest absolute Gasteiger partial charge is 0.493 e. The number of hydrazone groups is 1. The topological polar surface area (TPSA) is 142 Å². The van der Waals surface area contributed by atoms with Gasteiger partial charge in [0.1, 0.15) is 5.58 Å². The lowest BCUT2D eigenvalue weighted by atomic mass is 10.1. The highest BCUT2D eigenvalue weighted by Gasteiger charge is 2.16. The summed E-state index contributed by atoms with van der Waals surface area (Å²) in [5.41, 5.74) is 3.84. The molecule has 0 fully saturated rings. The van der Waals surface area contributed by atoms with Crippen molar-refractivity contribution in [2.75, 3.05) is 20.8 Å². The third-order valence-electron chi connectivity index (χ3n) is 4.61. The minimum Gasteiger partial charge on any atom is -0.493 e. The van der Waals surface area contributed by atoms with E-state index in [9.17, 15) is 19.7 Å². The van der Waals surface area contributed by atoms with Gasteiger partial charge in [-0.25, -0.2) is 10.2 Å². The van der Waals surface area contributed by atoms with E-state index in [4.69, 9.17) is 13.9 Å². The van der Waals surface area contributed by atoms with E-state index >= 15 is 0 Å². The van der Waals surface area contributed by atoms with Crippen LogP contribution in [0.5, 0.6) is 11.5 Å². The summed E-state index contributed by atoms with van der Waals surface area (Å²) >= 11 is 0. The average Bonchev–Trinajstić information content (AvgIpc) is 3.26. The molecule has 0 radical (unpaired) electrons. The lowest BCUT2D eigenvalue weighted by molar-refractivity contribution is -0.384. The smallest absolute Gasteiger partial charge is 0.343 e. The number of methoxy groups -OCH3 is 2. The molecule has 1 heterocycles. The third-order valence-corrected chi connectivity index (χ3v) is 4.61. The lowest BCUT2D eigenvalue weighted by Gasteiger charge is -2.15. The van der Waals surface area contributed by atoms with Gasteiger partial charge in [0, 0.05) is 23.1 Å². The Balaban J connectivity index is 1.77. The maximum Gasteiger partial charge on any atom is 0.343 e. The molecule has 1 amide bonds. The summed E-state index contributed by atoms with van der Waals surface area (Å²) < 4.78 is 21.0. The predicted molar refractivity (Wildman–Crippen MR) is 122 cm³/mol. The van der Waals surface area contributed by atoms with E-state index < -0.39 is 16.8 Å². The molecule has 0 saturated heterocycles. The number of hydrogen-bond acceptors (Lipinski definition) is 9. The van der Waals surface area contributed by atoms with Crippen LogP contribution < -0.4 is 14.9 Å². The average molecular weight is 467 g/mol. The van der Waals surface area contributed by atoms with Gasteiger partial charge in [-0.3, -0.25) is 14.9 Å². The first kappa shape index (κ1) is 24.0. The summed E-state index contributed by atoms with van der Waals surface area (Å²) in [6.07, 6.45) is 3.48. The number of carbonyl (C=O) groups excluding carboxylic acids is 2. The van der Waals surface area contributed by atoms with Crippen molar-refractivity contribution < 1.29 is 33.1 Å². The van der Waals surface area contributed by atoms with Crippen LogP contribution in [0.1, 0.15) is 21.7 Å². The number of esters is 1. The number of benzene rings is 2. The number of allylic oxidation sites excluding steroid dienone is 1. The molecule has 1 N–H and O–H groups in total. The van der Waals surface area contributed by atoms with Crippen molar-refractivity contribution >= 4 is 34.7 Å². The van der Waals surface area contributed by atoms with Crippen molar-refractivity contribution in [3.8, 4) is 11.5 Å². The molecule has 0 unspecified atom stereocenters. The number of rotatable bonds is 10. The van der Waals surface area contributed by atoms with E-state index in [0.717, 1.165) is 0 Å². The van der Waals surface area contributed by atoms with Crippen molar-refractivity contribution in [3.63, 3.8) is 0 Å². The minimum atomic E-state index is -0.633. The highest BCUT2D eigenvalue weighted by atomic mass is 16.6. The van der Waals surface area contributed by atoms with Gasteiger partial charge in [0.15, 0.2) is 23.9 Å². The highest BCUT2D eigenvalue weighted by molar-refractivity contribution is 5.97. The zero-order chi connectivity index (χ0) is 24.7. The molecule has 11 nitrogen and oxygen atoms in total. The molecule has 3 rings (SSSR count). The van der Waals surface area contributed by atoms with Gasteiger partial charge in [-0.2, -0.15) is 5.10 Å². The molecule has 3 aromatic rings. The van der Waals surface area contributed by atoms with Crippen LogP contribution in [0, 0.1) is 10.1 Å². The summed E-state index contributed by atoms with van der Waals surface area (Å²) in [5, 5.41) is 15.3. The van der Waals surface area contributed by atoms with Gasteiger partial charge in [-0.05, 0) is 36.2 Å². The second kappa shape index (κ2) is 10.8. The molecule has 0 spiro atoms. The van der Waals surface area contributed by atoms with E-state index in [1.165, 1.54) is 44.7 Å². The molecular weight excluding hydrogens is 446 g/mol. The standard InChI is InChI=1S/C23H21N3O8/c1-4-5-15-8-14(9-19(31-2)22(15)33-13-21(27)32-3)12-24-25-23(28)20-11-16-10-17(26(29)30)6-7-18(16)34-20/h4,6-12H,1,5,13H2,2-3H3,(H,25,28)/b24-12+. The first-order valence-electron chi connectivity index (χ1n) is 9.89. The molecule has 11 heteroatoms. The Labute approximate surface area is 193 Å². The SMILES string of the molecule is C=CCc1cc(/C=N/NC(=O)c2cc3cc([N+](=O)[O-])ccc3o2)cc(OC)c1OCC(=O)OC. The number of hydrogen-bond donors (Lipinski definition) is 1. The van der Waals surface area contributed by atoms with E-state index in [1.54, 1.807) is 18.2 Å². The van der Waals surface area contributed by atoms with Crippen molar-refractivity contribution in [1.29, 1.82) is 0 Å². The summed E-state index contributed by atoms with van der Waals surface area (Å²) in [5.74, 6) is -0.504. The molecule has 0 atom stereocenters. The Kier molecular flexibility index (Phi) is 7.60. The number of carbonyl (C=O) groups is 2. The maximum atomic E-state index is 12.4. The zero-order valence-electron chi connectivity index (χ0n) is 18.4. The van der Waals surface area contributed by atoms with Gasteiger partial charge in [0.2, 0.25) is 0 Å². The number of nitro benzene ring substituents is 1. The monoisotopic (exact) mass is 467 g/mol. The van der Waals surface area contributed by atoms with E-state index in [2.05, 4.69) is 21.8 Å². The Morgan fingerprint density at radius 3 is 2.71 bits per heavy atom. The van der Waals surface area contributed by atoms with Gasteiger partial charge in [-0.1, -0.05) is 6.08 Å². The minimum absolute atomic E-state index is 0.0517. The summed E-state index contributed by atoms with van der Waals surface area (Å²) in [7, 11) is 2.71. The molecule has 0 aliphatic carbocycles. The fourth-order valence-corrected chi connectivity index (χ4v) is 3.05. The van der Waals surface area contributed by atoms with Gasteiger partial charge in [0.05, 0.1) is 25.4 Å². The Morgan fingerprint density at radius 2 is 2.03 bits per heavy atom. The molecule has 1 aromatic heterocycles. The first-order valence-corrected chi connectivity index (χ1v) is 9.89. The second-order valence-electron chi connectivity index (χ2n) is 6.86. The first-order chi connectivity index (χ1) is 16.4. The molecule has 0 aliphatic rings. The predicted octanol–water partition coefficient (Wildman–Crippen LogP) is 3.39. The summed E-state index contributed by atoms with van der Waals surface area (Å²) in [6.45, 7) is 3.43. The number of nitro groups is 1. The van der Waals surface area contributed by atoms with Crippen molar-refractivity contribution in [2.45, 2.75) is 6.42 Å². The molecule has 2 aromatic carbocycles. The maximum absolute atomic E-state index is 12.4. The molecule has 34 heavy (non-hydrogen) atoms. The van der Waals surface area contributed by atoms with Gasteiger partial charge < -0.3 is 18.6 Å². The third kappa shape index (κ3) is 5.57.